The number of carboxylic acid groups (broad SMARTS) is 1. The van der Waals surface area contributed by atoms with E-state index in [1.54, 1.807) is 0 Å². The number of rotatable bonds is 5. The summed E-state index contributed by atoms with van der Waals surface area (Å²) in [5.41, 5.74) is 0. The van der Waals surface area contributed by atoms with Crippen LogP contribution in [-0.2, 0) is 9.53 Å². The zero-order valence-corrected chi connectivity index (χ0v) is 5.56. The van der Waals surface area contributed by atoms with Crippen LogP contribution in [0.4, 0.5) is 0 Å². The molecule has 0 rings (SSSR count). The standard InChI is InChI=1S/C4H8O4S/c5-2-8-3-9-1-4(6)7/h5H,1-3H2,(H,6,7). The van der Waals surface area contributed by atoms with Crippen LogP contribution in [0.2, 0.25) is 0 Å². The van der Waals surface area contributed by atoms with E-state index in [1.807, 2.05) is 0 Å². The van der Waals surface area contributed by atoms with Crippen molar-refractivity contribution < 1.29 is 19.7 Å². The fourth-order valence-electron chi connectivity index (χ4n) is 0.225. The predicted octanol–water partition coefficient (Wildman–Crippen LogP) is -0.272. The molecule has 0 saturated heterocycles. The molecular formula is C4H8O4S. The number of hydrogen-bond donors (Lipinski definition) is 2. The molecule has 0 aromatic carbocycles. The molecule has 4 nitrogen and oxygen atoms in total. The van der Waals surface area contributed by atoms with Crippen LogP contribution >= 0.6 is 11.8 Å². The Labute approximate surface area is 56.8 Å². The number of aliphatic carboxylic acids is 1. The maximum atomic E-state index is 9.82. The zero-order valence-electron chi connectivity index (χ0n) is 4.74. The van der Waals surface area contributed by atoms with Crippen molar-refractivity contribution in [3.05, 3.63) is 0 Å². The number of carboxylic acids is 1. The van der Waals surface area contributed by atoms with Gasteiger partial charge in [0.2, 0.25) is 0 Å². The molecule has 0 amide bonds. The van der Waals surface area contributed by atoms with E-state index in [0.717, 1.165) is 11.8 Å². The zero-order chi connectivity index (χ0) is 7.11. The third-order valence-corrected chi connectivity index (χ3v) is 1.27. The van der Waals surface area contributed by atoms with Gasteiger partial charge in [-0.1, -0.05) is 0 Å². The molecule has 0 fully saturated rings. The monoisotopic (exact) mass is 152 g/mol. The lowest BCUT2D eigenvalue weighted by Gasteiger charge is -1.95. The van der Waals surface area contributed by atoms with E-state index in [2.05, 4.69) is 4.74 Å². The molecule has 9 heavy (non-hydrogen) atoms. The second-order valence-corrected chi connectivity index (χ2v) is 2.13. The second kappa shape index (κ2) is 5.87. The molecule has 0 radical (unpaired) electrons. The van der Waals surface area contributed by atoms with Crippen LogP contribution < -0.4 is 0 Å². The van der Waals surface area contributed by atoms with E-state index < -0.39 is 5.97 Å². The molecule has 0 aliphatic rings. The molecular weight excluding hydrogens is 144 g/mol. The Morgan fingerprint density at radius 3 is 2.78 bits per heavy atom. The molecule has 0 aromatic heterocycles. The average Bonchev–Trinajstić information content (AvgIpc) is 1.80. The summed E-state index contributed by atoms with van der Waals surface area (Å²) in [7, 11) is 0. The van der Waals surface area contributed by atoms with Crippen molar-refractivity contribution in [1.29, 1.82) is 0 Å². The topological polar surface area (TPSA) is 66.8 Å². The SMILES string of the molecule is O=C(O)CSCOCO. The van der Waals surface area contributed by atoms with Crippen LogP contribution in [-0.4, -0.2) is 34.7 Å². The largest absolute Gasteiger partial charge is 0.481 e. The van der Waals surface area contributed by atoms with Crippen LogP contribution in [0.15, 0.2) is 0 Å². The van der Waals surface area contributed by atoms with Gasteiger partial charge in [-0.25, -0.2) is 0 Å². The highest BCUT2D eigenvalue weighted by molar-refractivity contribution is 7.99. The summed E-state index contributed by atoms with van der Waals surface area (Å²) >= 11 is 1.10. The Morgan fingerprint density at radius 1 is 1.67 bits per heavy atom. The normalized spacial score (nSPS) is 9.44. The van der Waals surface area contributed by atoms with E-state index >= 15 is 0 Å². The number of carbonyl (C=O) groups is 1. The van der Waals surface area contributed by atoms with E-state index in [0.29, 0.717) is 0 Å². The van der Waals surface area contributed by atoms with E-state index in [4.69, 9.17) is 10.2 Å². The van der Waals surface area contributed by atoms with Crippen molar-refractivity contribution >= 4 is 17.7 Å². The maximum absolute atomic E-state index is 9.82. The van der Waals surface area contributed by atoms with Gasteiger partial charge in [0.05, 0.1) is 11.7 Å². The highest BCUT2D eigenvalue weighted by atomic mass is 32.2. The quantitative estimate of drug-likeness (QED) is 0.419. The Hall–Kier alpha value is -0.260. The van der Waals surface area contributed by atoms with Crippen molar-refractivity contribution in [2.75, 3.05) is 18.5 Å². The summed E-state index contributed by atoms with van der Waals surface area (Å²) in [4.78, 5) is 9.82. The lowest BCUT2D eigenvalue weighted by atomic mass is 10.8. The number of hydrogen-bond acceptors (Lipinski definition) is 4. The number of aliphatic hydroxyl groups excluding tert-OH is 1. The average molecular weight is 152 g/mol. The minimum atomic E-state index is -0.874. The molecule has 5 heteroatoms. The first-order chi connectivity index (χ1) is 4.27. The molecule has 0 unspecified atom stereocenters. The van der Waals surface area contributed by atoms with Crippen molar-refractivity contribution in [3.63, 3.8) is 0 Å². The number of ether oxygens (including phenoxy) is 1. The van der Waals surface area contributed by atoms with Gasteiger partial charge in [0, 0.05) is 0 Å². The smallest absolute Gasteiger partial charge is 0.313 e. The fourth-order valence-corrected chi connectivity index (χ4v) is 0.676. The van der Waals surface area contributed by atoms with Crippen LogP contribution in [0, 0.1) is 0 Å². The minimum absolute atomic E-state index is 0.0139. The number of aliphatic hydroxyl groups is 1. The third-order valence-electron chi connectivity index (χ3n) is 0.483. The molecule has 0 atom stereocenters. The van der Waals surface area contributed by atoms with Gasteiger partial charge < -0.3 is 14.9 Å². The van der Waals surface area contributed by atoms with Crippen LogP contribution in [0.3, 0.4) is 0 Å². The summed E-state index contributed by atoms with van der Waals surface area (Å²) in [5, 5.41) is 16.1. The Bertz CT molecular complexity index is 84.6. The Morgan fingerprint density at radius 2 is 2.33 bits per heavy atom. The van der Waals surface area contributed by atoms with Crippen LogP contribution in [0.5, 0.6) is 0 Å². The predicted molar refractivity (Wildman–Crippen MR) is 33.1 cm³/mol. The summed E-state index contributed by atoms with van der Waals surface area (Å²) in [6, 6.07) is 0. The summed E-state index contributed by atoms with van der Waals surface area (Å²) < 4.78 is 4.44. The molecule has 0 aromatic rings. The van der Waals surface area contributed by atoms with Crippen LogP contribution in [0.25, 0.3) is 0 Å². The first kappa shape index (κ1) is 8.74. The van der Waals surface area contributed by atoms with Crippen molar-refractivity contribution in [2.45, 2.75) is 0 Å². The molecule has 0 aliphatic carbocycles. The van der Waals surface area contributed by atoms with E-state index in [9.17, 15) is 4.79 Å². The number of thioether (sulfide) groups is 1. The maximum Gasteiger partial charge on any atom is 0.313 e. The summed E-state index contributed by atoms with van der Waals surface area (Å²) in [5.74, 6) is -0.635. The van der Waals surface area contributed by atoms with Gasteiger partial charge >= 0.3 is 5.97 Å². The van der Waals surface area contributed by atoms with Crippen molar-refractivity contribution in [2.24, 2.45) is 0 Å². The molecule has 0 heterocycles. The van der Waals surface area contributed by atoms with Gasteiger partial charge in [-0.15, -0.1) is 11.8 Å². The van der Waals surface area contributed by atoms with E-state index in [1.165, 1.54) is 0 Å². The molecule has 0 spiro atoms. The lowest BCUT2D eigenvalue weighted by molar-refractivity contribution is -0.133. The summed E-state index contributed by atoms with van der Waals surface area (Å²) in [6.07, 6.45) is 0. The Balaban J connectivity index is 2.83. The molecule has 0 bridgehead atoms. The van der Waals surface area contributed by atoms with E-state index in [-0.39, 0.29) is 18.5 Å². The summed E-state index contributed by atoms with van der Waals surface area (Å²) in [6.45, 7) is -0.355. The highest BCUT2D eigenvalue weighted by Gasteiger charge is 1.94. The Kier molecular flexibility index (Phi) is 5.70. The lowest BCUT2D eigenvalue weighted by Crippen LogP contribution is -2.00. The van der Waals surface area contributed by atoms with Gasteiger partial charge in [-0.3, -0.25) is 4.79 Å². The fraction of sp³-hybridized carbons (Fsp3) is 0.750. The molecule has 2 N–H and O–H groups in total. The molecule has 54 valence electrons. The first-order valence-corrected chi connectivity index (χ1v) is 3.41. The highest BCUT2D eigenvalue weighted by Crippen LogP contribution is 1.97. The van der Waals surface area contributed by atoms with Gasteiger partial charge in [0.1, 0.15) is 6.79 Å². The first-order valence-electron chi connectivity index (χ1n) is 2.25. The van der Waals surface area contributed by atoms with Gasteiger partial charge in [-0.2, -0.15) is 0 Å². The van der Waals surface area contributed by atoms with Crippen molar-refractivity contribution in [3.8, 4) is 0 Å². The molecule has 0 aliphatic heterocycles. The van der Waals surface area contributed by atoms with Gasteiger partial charge in [-0.05, 0) is 0 Å². The molecule has 0 saturated carbocycles. The minimum Gasteiger partial charge on any atom is -0.481 e. The van der Waals surface area contributed by atoms with Crippen LogP contribution in [0.1, 0.15) is 0 Å². The third kappa shape index (κ3) is 7.74. The van der Waals surface area contributed by atoms with Gasteiger partial charge in [0.25, 0.3) is 0 Å². The second-order valence-electron chi connectivity index (χ2n) is 1.19. The van der Waals surface area contributed by atoms with Gasteiger partial charge in [0.15, 0.2) is 0 Å². The van der Waals surface area contributed by atoms with Crippen molar-refractivity contribution in [1.82, 2.24) is 0 Å².